The fourth-order valence-corrected chi connectivity index (χ4v) is 2.73. The third kappa shape index (κ3) is 6.21. The summed E-state index contributed by atoms with van der Waals surface area (Å²) < 4.78 is 118. The minimum absolute atomic E-state index is 0.195. The van der Waals surface area contributed by atoms with Gasteiger partial charge in [0.1, 0.15) is 0 Å². The zero-order valence-corrected chi connectivity index (χ0v) is 15.0. The van der Waals surface area contributed by atoms with Gasteiger partial charge in [-0.05, 0) is 19.3 Å². The molecule has 27 heavy (non-hydrogen) atoms. The predicted octanol–water partition coefficient (Wildman–Crippen LogP) is 1.71. The number of piperidine rings is 1. The Bertz CT molecular complexity index is 829. The molecule has 0 bridgehead atoms. The molecule has 0 N–H and O–H groups in total. The van der Waals surface area contributed by atoms with Crippen LogP contribution in [0.2, 0.25) is 0 Å². The summed E-state index contributed by atoms with van der Waals surface area (Å²) in [6.07, 6.45) is 5.09. The number of anilines is 1. The first kappa shape index (κ1) is 23.4. The maximum Gasteiger partial charge on any atom is 0.560 e. The number of nitrogens with zero attached hydrogens (tertiary/aromatic N) is 2. The Kier molecular flexibility index (Phi) is 7.10. The first-order chi connectivity index (χ1) is 12.1. The molecule has 1 fully saturated rings. The van der Waals surface area contributed by atoms with Crippen LogP contribution in [0.5, 0.6) is 0 Å². The number of pyridine rings is 1. The van der Waals surface area contributed by atoms with E-state index >= 15 is 0 Å². The molecule has 2 rings (SSSR count). The zero-order valence-electron chi connectivity index (χ0n) is 13.4. The van der Waals surface area contributed by atoms with Crippen molar-refractivity contribution < 1.29 is 51.7 Å². The van der Waals surface area contributed by atoms with Gasteiger partial charge in [0.15, 0.2) is 22.5 Å². The minimum atomic E-state index is -6.09. The van der Waals surface area contributed by atoms with Crippen LogP contribution in [-0.2, 0) is 20.1 Å². The topological polar surface area (TPSA) is 98.5 Å². The van der Waals surface area contributed by atoms with Gasteiger partial charge in [-0.15, -0.1) is 0 Å². The molecule has 1 aliphatic rings. The molecule has 0 spiro atoms. The van der Waals surface area contributed by atoms with Crippen molar-refractivity contribution in [1.29, 1.82) is 0 Å². The number of halogens is 6. The second-order valence-corrected chi connectivity index (χ2v) is 8.49. The van der Waals surface area contributed by atoms with Crippen LogP contribution in [0.3, 0.4) is 0 Å². The van der Waals surface area contributed by atoms with E-state index < -0.39 is 31.2 Å². The lowest BCUT2D eigenvalue weighted by Gasteiger charge is -2.28. The lowest BCUT2D eigenvalue weighted by atomic mass is 10.1. The van der Waals surface area contributed by atoms with E-state index in [-0.39, 0.29) is 3.97 Å². The molecule has 0 radical (unpaired) electrons. The quantitative estimate of drug-likeness (QED) is 0.298. The molecule has 0 aromatic carbocycles. The van der Waals surface area contributed by atoms with Crippen LogP contribution in [0, 0.1) is 0 Å². The molecule has 1 saturated heterocycles. The molecule has 0 unspecified atom stereocenters. The van der Waals surface area contributed by atoms with Gasteiger partial charge < -0.3 is 9.45 Å². The molecule has 156 valence electrons. The fraction of sp³-hybridized carbons (Fsp3) is 0.583. The van der Waals surface area contributed by atoms with Gasteiger partial charge in [-0.2, -0.15) is 34.8 Å². The monoisotopic (exact) mass is 444 g/mol. The molecule has 0 amide bonds. The van der Waals surface area contributed by atoms with Gasteiger partial charge in [0, 0.05) is 30.9 Å². The second kappa shape index (κ2) is 8.18. The van der Waals surface area contributed by atoms with Crippen LogP contribution in [-0.4, -0.2) is 45.5 Å². The van der Waals surface area contributed by atoms with Crippen molar-refractivity contribution in [1.82, 2.24) is 0 Å². The van der Waals surface area contributed by atoms with Crippen molar-refractivity contribution in [3.05, 3.63) is 24.5 Å². The zero-order chi connectivity index (χ0) is 21.1. The molecule has 0 atom stereocenters. The van der Waals surface area contributed by atoms with Crippen molar-refractivity contribution in [2.45, 2.75) is 30.3 Å². The van der Waals surface area contributed by atoms with Gasteiger partial charge in [0.25, 0.3) is 0 Å². The van der Waals surface area contributed by atoms with Gasteiger partial charge in [0.05, 0.1) is 0 Å². The van der Waals surface area contributed by atoms with Crippen molar-refractivity contribution in [2.75, 3.05) is 18.0 Å². The summed E-state index contributed by atoms with van der Waals surface area (Å²) in [4.78, 5) is 2.04. The highest BCUT2D eigenvalue weighted by atomic mass is 32.2. The number of hydrogen-bond donors (Lipinski definition) is 0. The van der Waals surface area contributed by atoms with E-state index in [4.69, 9.17) is 13.0 Å². The molecule has 1 aromatic heterocycles. The maximum atomic E-state index is 12.4. The Morgan fingerprint density at radius 3 is 1.59 bits per heavy atom. The van der Waals surface area contributed by atoms with Crippen LogP contribution in [0.1, 0.15) is 19.3 Å². The molecule has 1 aromatic rings. The number of hydrogen-bond acceptors (Lipinski definition) is 6. The smallest absolute Gasteiger partial charge is 0.560 e. The highest BCUT2D eigenvalue weighted by Crippen LogP contribution is 2.23. The number of aromatic nitrogens is 1. The van der Waals surface area contributed by atoms with Crippen molar-refractivity contribution >= 4 is 25.8 Å². The number of rotatable bonds is 2. The third-order valence-electron chi connectivity index (χ3n) is 3.36. The highest BCUT2D eigenvalue weighted by Gasteiger charge is 2.54. The van der Waals surface area contributed by atoms with Crippen molar-refractivity contribution in [3.8, 4) is 0 Å². The van der Waals surface area contributed by atoms with Crippen LogP contribution >= 0.6 is 0 Å². The van der Waals surface area contributed by atoms with Crippen LogP contribution in [0.15, 0.2) is 24.5 Å². The minimum Gasteiger partial charge on any atom is -0.741 e. The van der Waals surface area contributed by atoms with E-state index in [1.165, 1.54) is 12.1 Å². The molecule has 7 nitrogen and oxygen atoms in total. The summed E-state index contributed by atoms with van der Waals surface area (Å²) in [7, 11) is -11.4. The van der Waals surface area contributed by atoms with E-state index in [9.17, 15) is 34.8 Å². The van der Waals surface area contributed by atoms with Gasteiger partial charge in [-0.1, -0.05) is 3.97 Å². The molecule has 15 heteroatoms. The number of alkyl halides is 6. The van der Waals surface area contributed by atoms with E-state index in [1.807, 2.05) is 4.90 Å². The molecule has 2 heterocycles. The van der Waals surface area contributed by atoms with Crippen LogP contribution in [0.4, 0.5) is 32.0 Å². The Morgan fingerprint density at radius 1 is 0.852 bits per heavy atom. The molecule has 0 saturated carbocycles. The fourth-order valence-electron chi connectivity index (χ4n) is 2.05. The average molecular weight is 444 g/mol. The normalized spacial score (nSPS) is 16.5. The first-order valence-electron chi connectivity index (χ1n) is 7.17. The van der Waals surface area contributed by atoms with E-state index in [0.717, 1.165) is 50.4 Å². The lowest BCUT2D eigenvalue weighted by Crippen LogP contribution is -2.50. The largest absolute Gasteiger partial charge is 0.741 e. The summed E-state index contributed by atoms with van der Waals surface area (Å²) >= 11 is 0. The first-order valence-corrected chi connectivity index (χ1v) is 10.0. The van der Waals surface area contributed by atoms with Crippen molar-refractivity contribution in [3.63, 3.8) is 0 Å². The molecule has 0 aliphatic carbocycles. The lowest BCUT2D eigenvalue weighted by molar-refractivity contribution is -0.518. The maximum absolute atomic E-state index is 12.4. The summed E-state index contributed by atoms with van der Waals surface area (Å²) in [6.45, 7) is 1.69. The summed E-state index contributed by atoms with van der Waals surface area (Å²) in [5.74, 6) is 0. The van der Waals surface area contributed by atoms with E-state index in [2.05, 4.69) is 0 Å². The van der Waals surface area contributed by atoms with Crippen LogP contribution in [0.25, 0.3) is 0 Å². The van der Waals surface area contributed by atoms with E-state index in [0.29, 0.717) is 0 Å². The van der Waals surface area contributed by atoms with Gasteiger partial charge in [-0.3, -0.25) is 0 Å². The average Bonchev–Trinajstić information content (AvgIpc) is 2.53. The Morgan fingerprint density at radius 2 is 1.26 bits per heavy atom. The summed E-state index contributed by atoms with van der Waals surface area (Å²) in [5.41, 5.74) is -10.2. The van der Waals surface area contributed by atoms with Gasteiger partial charge in [0.2, 0.25) is 0 Å². The Hall–Kier alpha value is -1.61. The summed E-state index contributed by atoms with van der Waals surface area (Å²) in [6, 6.07) is 2.79. The van der Waals surface area contributed by atoms with Gasteiger partial charge in [-0.25, -0.2) is 8.42 Å². The Balaban J connectivity index is 0.000000387. The van der Waals surface area contributed by atoms with Gasteiger partial charge >= 0.3 is 21.0 Å². The predicted molar refractivity (Wildman–Crippen MR) is 78.8 cm³/mol. The Labute approximate surface area is 151 Å². The highest BCUT2D eigenvalue weighted by molar-refractivity contribution is 7.86. The second-order valence-electron chi connectivity index (χ2n) is 5.28. The molecule has 1 aliphatic heterocycles. The summed E-state index contributed by atoms with van der Waals surface area (Å²) in [5, 5.41) is 0. The molecular weight excluding hydrogens is 430 g/mol. The third-order valence-corrected chi connectivity index (χ3v) is 5.31. The van der Waals surface area contributed by atoms with E-state index in [1.54, 1.807) is 0 Å². The van der Waals surface area contributed by atoms with Crippen LogP contribution < -0.4 is 8.87 Å². The van der Waals surface area contributed by atoms with Crippen molar-refractivity contribution in [2.24, 2.45) is 0 Å². The standard InChI is InChI=1S/C11H14F3N2O2S.CHF3O3S/c12-11(13,14)19(17,18)16-8-4-10(5-9-16)15-6-2-1-3-7-15;2-1(3,4)8(5,6)7/h4-5,8-9H,1-3,6-7H2;(H,5,6,7)/q+1;/p-1. The molecular formula is C12H14F6N2O5S2. The SMILES string of the molecule is O=S(=O)([O-])C(F)(F)F.O=S(=O)([n+]1ccc(N2CCCCC2)cc1)C(F)(F)F.